The molecular weight excluding hydrogens is 322 g/mol. The van der Waals surface area contributed by atoms with Crippen molar-refractivity contribution in [2.24, 2.45) is 0 Å². The number of hydrogen-bond donors (Lipinski definition) is 0. The van der Waals surface area contributed by atoms with Gasteiger partial charge in [-0.15, -0.1) is 0 Å². The van der Waals surface area contributed by atoms with Gasteiger partial charge in [-0.2, -0.15) is 5.10 Å². The maximum absolute atomic E-state index is 12.4. The number of hydrogen-bond acceptors (Lipinski definition) is 8. The fourth-order valence-electron chi connectivity index (χ4n) is 2.67. The molecule has 0 saturated carbocycles. The van der Waals surface area contributed by atoms with E-state index in [9.17, 15) is 4.79 Å². The quantitative estimate of drug-likeness (QED) is 0.647. The van der Waals surface area contributed by atoms with E-state index in [1.54, 1.807) is 22.1 Å². The van der Waals surface area contributed by atoms with Gasteiger partial charge in [0.05, 0.1) is 6.20 Å². The summed E-state index contributed by atoms with van der Waals surface area (Å²) in [5.41, 5.74) is 0.367. The Bertz CT molecular complexity index is 844. The largest absolute Gasteiger partial charge is 0.353 e. The molecule has 10 nitrogen and oxygen atoms in total. The van der Waals surface area contributed by atoms with Gasteiger partial charge in [0.2, 0.25) is 0 Å². The van der Waals surface area contributed by atoms with Crippen molar-refractivity contribution >= 4 is 11.7 Å². The lowest BCUT2D eigenvalue weighted by atomic mass is 10.2. The topological polar surface area (TPSA) is 106 Å². The molecule has 0 aliphatic carbocycles. The van der Waals surface area contributed by atoms with Gasteiger partial charge in [0.25, 0.3) is 5.91 Å². The Kier molecular flexibility index (Phi) is 3.99. The number of carbonyl (C=O) groups excluding carboxylic acids is 1. The molecule has 4 heterocycles. The number of amides is 1. The molecule has 0 aromatic carbocycles. The Morgan fingerprint density at radius 3 is 2.48 bits per heavy atom. The molecule has 1 aliphatic heterocycles. The van der Waals surface area contributed by atoms with Crippen LogP contribution in [0.1, 0.15) is 10.5 Å². The van der Waals surface area contributed by atoms with Crippen LogP contribution in [0.3, 0.4) is 0 Å². The van der Waals surface area contributed by atoms with Crippen LogP contribution < -0.4 is 4.90 Å². The van der Waals surface area contributed by atoms with E-state index >= 15 is 0 Å². The zero-order chi connectivity index (χ0) is 17.1. The smallest absolute Gasteiger partial charge is 0.274 e. The van der Waals surface area contributed by atoms with Crippen molar-refractivity contribution in [2.75, 3.05) is 31.1 Å². The summed E-state index contributed by atoms with van der Waals surface area (Å²) in [6, 6.07) is 1.86. The number of piperazine rings is 1. The van der Waals surface area contributed by atoms with Crippen LogP contribution in [0.25, 0.3) is 5.82 Å². The van der Waals surface area contributed by atoms with Gasteiger partial charge in [-0.25, -0.2) is 24.6 Å². The molecule has 1 aliphatic rings. The first-order valence-corrected chi connectivity index (χ1v) is 7.78. The van der Waals surface area contributed by atoms with Gasteiger partial charge in [-0.1, -0.05) is 0 Å². The Balaban J connectivity index is 1.44. The summed E-state index contributed by atoms with van der Waals surface area (Å²) in [5.74, 6) is 1.35. The van der Waals surface area contributed by atoms with Gasteiger partial charge >= 0.3 is 0 Å². The van der Waals surface area contributed by atoms with E-state index in [2.05, 4.69) is 34.9 Å². The molecule has 0 radical (unpaired) electrons. The number of rotatable bonds is 3. The molecule has 1 saturated heterocycles. The van der Waals surface area contributed by atoms with Crippen molar-refractivity contribution < 1.29 is 4.79 Å². The van der Waals surface area contributed by atoms with E-state index in [1.165, 1.54) is 25.0 Å². The van der Waals surface area contributed by atoms with Crippen LogP contribution >= 0.6 is 0 Å². The summed E-state index contributed by atoms with van der Waals surface area (Å²) in [4.78, 5) is 36.8. The predicted molar refractivity (Wildman–Crippen MR) is 87.1 cm³/mol. The van der Waals surface area contributed by atoms with Gasteiger partial charge in [-0.3, -0.25) is 9.78 Å². The second kappa shape index (κ2) is 6.59. The van der Waals surface area contributed by atoms with Crippen molar-refractivity contribution in [1.29, 1.82) is 0 Å². The average Bonchev–Trinajstić information content (AvgIpc) is 3.23. The molecule has 25 heavy (non-hydrogen) atoms. The number of carbonyl (C=O) groups is 1. The van der Waals surface area contributed by atoms with Crippen molar-refractivity contribution in [3.05, 3.63) is 49.3 Å². The molecule has 3 aromatic rings. The predicted octanol–water partition coefficient (Wildman–Crippen LogP) is -0.190. The van der Waals surface area contributed by atoms with E-state index in [0.717, 1.165) is 5.82 Å². The van der Waals surface area contributed by atoms with E-state index in [4.69, 9.17) is 0 Å². The normalized spacial score (nSPS) is 14.6. The third-order valence-electron chi connectivity index (χ3n) is 3.96. The Morgan fingerprint density at radius 2 is 1.76 bits per heavy atom. The summed E-state index contributed by atoms with van der Waals surface area (Å²) < 4.78 is 1.58. The first-order chi connectivity index (χ1) is 12.3. The summed E-state index contributed by atoms with van der Waals surface area (Å²) in [6.45, 7) is 2.55. The lowest BCUT2D eigenvalue weighted by Gasteiger charge is -2.35. The molecule has 1 fully saturated rings. The first-order valence-electron chi connectivity index (χ1n) is 7.78. The maximum atomic E-state index is 12.4. The lowest BCUT2D eigenvalue weighted by Crippen LogP contribution is -2.49. The van der Waals surface area contributed by atoms with Gasteiger partial charge < -0.3 is 9.80 Å². The van der Waals surface area contributed by atoms with Gasteiger partial charge in [0, 0.05) is 44.6 Å². The van der Waals surface area contributed by atoms with Crippen LogP contribution in [0.4, 0.5) is 5.82 Å². The maximum Gasteiger partial charge on any atom is 0.274 e. The average molecular weight is 337 g/mol. The Hall–Kier alpha value is -3.43. The van der Waals surface area contributed by atoms with Crippen LogP contribution in [0.5, 0.6) is 0 Å². The molecule has 0 spiro atoms. The van der Waals surface area contributed by atoms with Crippen LogP contribution in [0, 0.1) is 0 Å². The standard InChI is InChI=1S/C15H15N9O/c25-15(12-8-16-1-2-18-12)23-5-3-22(4-6-23)13-7-14(20-10-19-13)24-11-17-9-21-24/h1-2,7-11H,3-6H2. The molecule has 4 rings (SSSR count). The lowest BCUT2D eigenvalue weighted by molar-refractivity contribution is 0.0740. The molecule has 3 aromatic heterocycles. The minimum Gasteiger partial charge on any atom is -0.353 e. The Morgan fingerprint density at radius 1 is 0.920 bits per heavy atom. The first kappa shape index (κ1) is 15.1. The fourth-order valence-corrected chi connectivity index (χ4v) is 2.67. The molecule has 1 amide bonds. The van der Waals surface area contributed by atoms with Gasteiger partial charge in [-0.05, 0) is 0 Å². The highest BCUT2D eigenvalue weighted by atomic mass is 16.2. The summed E-state index contributed by atoms with van der Waals surface area (Å²) in [5, 5.41) is 4.07. The molecule has 0 bridgehead atoms. The van der Waals surface area contributed by atoms with Crippen LogP contribution in [-0.4, -0.2) is 71.7 Å². The zero-order valence-electron chi connectivity index (χ0n) is 13.3. The summed E-state index contributed by atoms with van der Waals surface area (Å²) >= 11 is 0. The van der Waals surface area contributed by atoms with Crippen LogP contribution in [-0.2, 0) is 0 Å². The van der Waals surface area contributed by atoms with Crippen LogP contribution in [0.2, 0.25) is 0 Å². The Labute approximate surface area is 143 Å². The van der Waals surface area contributed by atoms with E-state index < -0.39 is 0 Å². The second-order valence-electron chi connectivity index (χ2n) is 5.44. The number of anilines is 1. The molecule has 126 valence electrons. The molecular formula is C15H15N9O. The molecule has 0 atom stereocenters. The highest BCUT2D eigenvalue weighted by molar-refractivity contribution is 5.92. The van der Waals surface area contributed by atoms with E-state index in [0.29, 0.717) is 37.7 Å². The minimum absolute atomic E-state index is 0.0984. The summed E-state index contributed by atoms with van der Waals surface area (Å²) in [6.07, 6.45) is 9.11. The monoisotopic (exact) mass is 337 g/mol. The third kappa shape index (κ3) is 3.13. The van der Waals surface area contributed by atoms with Gasteiger partial charge in [0.1, 0.15) is 30.5 Å². The van der Waals surface area contributed by atoms with Gasteiger partial charge in [0.15, 0.2) is 5.82 Å². The minimum atomic E-state index is -0.0984. The number of aromatic nitrogens is 7. The highest BCUT2D eigenvalue weighted by Gasteiger charge is 2.24. The van der Waals surface area contributed by atoms with Crippen molar-refractivity contribution in [3.8, 4) is 5.82 Å². The third-order valence-corrected chi connectivity index (χ3v) is 3.96. The SMILES string of the molecule is O=C(c1cnccn1)N1CCN(c2cc(-n3cncn3)ncn2)CC1. The second-order valence-corrected chi connectivity index (χ2v) is 5.44. The fraction of sp³-hybridized carbons (Fsp3) is 0.267. The van der Waals surface area contributed by atoms with Crippen LogP contribution in [0.15, 0.2) is 43.6 Å². The zero-order valence-corrected chi connectivity index (χ0v) is 13.3. The number of nitrogens with zero attached hydrogens (tertiary/aromatic N) is 9. The van der Waals surface area contributed by atoms with E-state index in [1.807, 2.05) is 6.07 Å². The molecule has 0 unspecified atom stereocenters. The van der Waals surface area contributed by atoms with Crippen molar-refractivity contribution in [1.82, 2.24) is 39.6 Å². The highest BCUT2D eigenvalue weighted by Crippen LogP contribution is 2.16. The van der Waals surface area contributed by atoms with E-state index in [-0.39, 0.29) is 5.91 Å². The summed E-state index contributed by atoms with van der Waals surface area (Å²) in [7, 11) is 0. The molecule has 10 heteroatoms. The molecule has 0 N–H and O–H groups in total. The van der Waals surface area contributed by atoms with Crippen molar-refractivity contribution in [3.63, 3.8) is 0 Å². The van der Waals surface area contributed by atoms with Crippen molar-refractivity contribution in [2.45, 2.75) is 0 Å².